The number of carbonyl (C=O) groups is 2. The molecule has 2 amide bonds. The molecule has 2 aromatic rings. The van der Waals surface area contributed by atoms with Crippen LogP contribution in [-0.2, 0) is 4.79 Å². The largest absolute Gasteiger partial charge is 0.495 e. The zero-order valence-corrected chi connectivity index (χ0v) is 14.7. The third-order valence-electron chi connectivity index (χ3n) is 3.64. The molecule has 6 nitrogen and oxygen atoms in total. The molecular formula is C19H22FN3O3. The van der Waals surface area contributed by atoms with Crippen molar-refractivity contribution in [2.75, 3.05) is 17.7 Å². The molecule has 0 saturated heterocycles. The van der Waals surface area contributed by atoms with E-state index in [0.717, 1.165) is 6.07 Å². The van der Waals surface area contributed by atoms with Gasteiger partial charge >= 0.3 is 0 Å². The molecule has 0 fully saturated rings. The molecule has 138 valence electrons. The average molecular weight is 359 g/mol. The summed E-state index contributed by atoms with van der Waals surface area (Å²) in [5.74, 6) is -0.735. The van der Waals surface area contributed by atoms with Crippen LogP contribution in [0.2, 0.25) is 0 Å². The molecular weight excluding hydrogens is 337 g/mol. The number of carbonyl (C=O) groups excluding carboxylic acids is 2. The highest BCUT2D eigenvalue weighted by atomic mass is 19.1. The Balaban J connectivity index is 2.14. The lowest BCUT2D eigenvalue weighted by Crippen LogP contribution is -2.19. The van der Waals surface area contributed by atoms with E-state index in [0.29, 0.717) is 30.0 Å². The number of nitrogens with two attached hydrogens (primary N) is 1. The van der Waals surface area contributed by atoms with E-state index in [1.807, 2.05) is 6.92 Å². The summed E-state index contributed by atoms with van der Waals surface area (Å²) in [4.78, 5) is 24.2. The van der Waals surface area contributed by atoms with E-state index in [1.54, 1.807) is 18.2 Å². The van der Waals surface area contributed by atoms with Gasteiger partial charge in [0.1, 0.15) is 11.6 Å². The van der Waals surface area contributed by atoms with Crippen LogP contribution in [0.4, 0.5) is 15.8 Å². The van der Waals surface area contributed by atoms with Crippen molar-refractivity contribution >= 4 is 23.2 Å². The van der Waals surface area contributed by atoms with Crippen molar-refractivity contribution in [3.8, 4) is 5.75 Å². The Morgan fingerprint density at radius 3 is 2.62 bits per heavy atom. The summed E-state index contributed by atoms with van der Waals surface area (Å²) in [6.07, 6.45) is 0.875. The fourth-order valence-electron chi connectivity index (χ4n) is 2.29. The van der Waals surface area contributed by atoms with Crippen LogP contribution < -0.4 is 21.1 Å². The predicted octanol–water partition coefficient (Wildman–Crippen LogP) is 3.15. The lowest BCUT2D eigenvalue weighted by molar-refractivity contribution is -0.116. The van der Waals surface area contributed by atoms with Gasteiger partial charge < -0.3 is 21.1 Å². The fraction of sp³-hybridized carbons (Fsp3) is 0.263. The highest BCUT2D eigenvalue weighted by molar-refractivity contribution is 6.05. The van der Waals surface area contributed by atoms with Crippen LogP contribution in [0.15, 0.2) is 42.5 Å². The van der Waals surface area contributed by atoms with Crippen LogP contribution >= 0.6 is 0 Å². The molecule has 1 unspecified atom stereocenters. The van der Waals surface area contributed by atoms with Crippen LogP contribution in [0.5, 0.6) is 5.75 Å². The Labute approximate surface area is 151 Å². The van der Waals surface area contributed by atoms with E-state index < -0.39 is 11.7 Å². The summed E-state index contributed by atoms with van der Waals surface area (Å²) in [5.41, 5.74) is 6.70. The number of ether oxygens (including phenoxy) is 1. The van der Waals surface area contributed by atoms with Crippen molar-refractivity contribution < 1.29 is 18.7 Å². The van der Waals surface area contributed by atoms with E-state index >= 15 is 0 Å². The number of amides is 2. The summed E-state index contributed by atoms with van der Waals surface area (Å²) < 4.78 is 18.5. The molecule has 2 rings (SSSR count). The fourth-order valence-corrected chi connectivity index (χ4v) is 2.29. The van der Waals surface area contributed by atoms with Gasteiger partial charge in [-0.1, -0.05) is 6.07 Å². The molecule has 4 N–H and O–H groups in total. The first-order chi connectivity index (χ1) is 12.4. The van der Waals surface area contributed by atoms with Crippen molar-refractivity contribution in [3.05, 3.63) is 53.8 Å². The van der Waals surface area contributed by atoms with Crippen LogP contribution in [0, 0.1) is 5.82 Å². The molecule has 26 heavy (non-hydrogen) atoms. The predicted molar refractivity (Wildman–Crippen MR) is 98.9 cm³/mol. The SMILES string of the molecule is COc1ccc(NC(=O)CCC(C)N)cc1NC(=O)c1cccc(F)c1. The van der Waals surface area contributed by atoms with E-state index in [-0.39, 0.29) is 17.5 Å². The number of hydrogen-bond acceptors (Lipinski definition) is 4. The molecule has 0 radical (unpaired) electrons. The second-order valence-electron chi connectivity index (χ2n) is 5.94. The molecule has 1 atom stereocenters. The van der Waals surface area contributed by atoms with Crippen LogP contribution in [-0.4, -0.2) is 25.0 Å². The van der Waals surface area contributed by atoms with Gasteiger partial charge in [-0.25, -0.2) is 4.39 Å². The molecule has 0 saturated carbocycles. The van der Waals surface area contributed by atoms with Crippen molar-refractivity contribution in [1.82, 2.24) is 0 Å². The standard InChI is InChI=1S/C19H22FN3O3/c1-12(21)6-9-18(24)22-15-7-8-17(26-2)16(11-15)23-19(25)13-4-3-5-14(20)10-13/h3-5,7-8,10-12H,6,9,21H2,1-2H3,(H,22,24)(H,23,25). The van der Waals surface area contributed by atoms with Gasteiger partial charge in [-0.3, -0.25) is 9.59 Å². The summed E-state index contributed by atoms with van der Waals surface area (Å²) >= 11 is 0. The minimum absolute atomic E-state index is 0.0577. The number of anilines is 2. The Bertz CT molecular complexity index is 793. The molecule has 0 aliphatic heterocycles. The number of rotatable bonds is 7. The molecule has 0 aromatic heterocycles. The quantitative estimate of drug-likeness (QED) is 0.708. The second kappa shape index (κ2) is 8.96. The number of nitrogens with one attached hydrogen (secondary N) is 2. The smallest absolute Gasteiger partial charge is 0.255 e. The Morgan fingerprint density at radius 1 is 1.19 bits per heavy atom. The van der Waals surface area contributed by atoms with E-state index in [4.69, 9.17) is 10.5 Å². The van der Waals surface area contributed by atoms with Gasteiger partial charge in [0.05, 0.1) is 12.8 Å². The van der Waals surface area contributed by atoms with E-state index in [2.05, 4.69) is 10.6 Å². The van der Waals surface area contributed by atoms with Crippen molar-refractivity contribution in [2.45, 2.75) is 25.8 Å². The summed E-state index contributed by atoms with van der Waals surface area (Å²) in [6.45, 7) is 1.83. The van der Waals surface area contributed by atoms with Gasteiger partial charge in [0.2, 0.25) is 5.91 Å². The third-order valence-corrected chi connectivity index (χ3v) is 3.64. The molecule has 0 heterocycles. The van der Waals surface area contributed by atoms with Gasteiger partial charge in [-0.15, -0.1) is 0 Å². The zero-order valence-electron chi connectivity index (χ0n) is 14.7. The maximum absolute atomic E-state index is 13.3. The Kier molecular flexibility index (Phi) is 6.68. The Morgan fingerprint density at radius 2 is 1.96 bits per heavy atom. The first kappa shape index (κ1) is 19.4. The summed E-state index contributed by atoms with van der Waals surface area (Å²) in [5, 5.41) is 5.42. The molecule has 0 bridgehead atoms. The monoisotopic (exact) mass is 359 g/mol. The van der Waals surface area contributed by atoms with Gasteiger partial charge in [-0.05, 0) is 49.7 Å². The number of benzene rings is 2. The lowest BCUT2D eigenvalue weighted by atomic mass is 10.1. The van der Waals surface area contributed by atoms with Crippen molar-refractivity contribution in [2.24, 2.45) is 5.73 Å². The number of hydrogen-bond donors (Lipinski definition) is 3. The topological polar surface area (TPSA) is 93.4 Å². The van der Waals surface area contributed by atoms with Gasteiger partial charge in [-0.2, -0.15) is 0 Å². The maximum atomic E-state index is 13.3. The first-order valence-electron chi connectivity index (χ1n) is 8.19. The zero-order chi connectivity index (χ0) is 19.1. The second-order valence-corrected chi connectivity index (χ2v) is 5.94. The van der Waals surface area contributed by atoms with Crippen molar-refractivity contribution in [3.63, 3.8) is 0 Å². The number of methoxy groups -OCH3 is 1. The van der Waals surface area contributed by atoms with Crippen molar-refractivity contribution in [1.29, 1.82) is 0 Å². The molecule has 0 aliphatic rings. The molecule has 0 aliphatic carbocycles. The third kappa shape index (κ3) is 5.56. The molecule has 2 aromatic carbocycles. The summed E-state index contributed by atoms with van der Waals surface area (Å²) in [7, 11) is 1.47. The van der Waals surface area contributed by atoms with E-state index in [9.17, 15) is 14.0 Å². The average Bonchev–Trinajstić information content (AvgIpc) is 2.60. The normalized spacial score (nSPS) is 11.5. The van der Waals surface area contributed by atoms with Crippen LogP contribution in [0.1, 0.15) is 30.1 Å². The highest BCUT2D eigenvalue weighted by Crippen LogP contribution is 2.28. The highest BCUT2D eigenvalue weighted by Gasteiger charge is 2.12. The van der Waals surface area contributed by atoms with Crippen LogP contribution in [0.3, 0.4) is 0 Å². The molecule has 7 heteroatoms. The maximum Gasteiger partial charge on any atom is 0.255 e. The number of halogens is 1. The van der Waals surface area contributed by atoms with Gasteiger partial charge in [0.15, 0.2) is 0 Å². The first-order valence-corrected chi connectivity index (χ1v) is 8.19. The lowest BCUT2D eigenvalue weighted by Gasteiger charge is -2.13. The van der Waals surface area contributed by atoms with Crippen LogP contribution in [0.25, 0.3) is 0 Å². The minimum Gasteiger partial charge on any atom is -0.495 e. The summed E-state index contributed by atoms with van der Waals surface area (Å²) in [6, 6.07) is 10.2. The van der Waals surface area contributed by atoms with E-state index in [1.165, 1.54) is 25.3 Å². The van der Waals surface area contributed by atoms with Gasteiger partial charge in [0, 0.05) is 23.7 Å². The van der Waals surface area contributed by atoms with Gasteiger partial charge in [0.25, 0.3) is 5.91 Å². The molecule has 0 spiro atoms. The minimum atomic E-state index is -0.500. The Hall–Kier alpha value is -2.93.